The highest BCUT2D eigenvalue weighted by Gasteiger charge is 2.66. The smallest absolute Gasteiger partial charge is 0.331 e. The normalized spacial score (nSPS) is 28.1. The first-order valence-electron chi connectivity index (χ1n) is 6.35. The van der Waals surface area contributed by atoms with Crippen LogP contribution in [0.1, 0.15) is 12.8 Å². The quantitative estimate of drug-likeness (QED) is 0.288. The molecule has 20 heavy (non-hydrogen) atoms. The Kier molecular flexibility index (Phi) is 3.99. The Morgan fingerprint density at radius 1 is 1.25 bits per heavy atom. The number of fused-ring (bicyclic) bond motifs is 1. The summed E-state index contributed by atoms with van der Waals surface area (Å²) >= 11 is 0. The third-order valence-corrected chi connectivity index (χ3v) is 3.71. The summed E-state index contributed by atoms with van der Waals surface area (Å²) < 4.78 is 9.35. The summed E-state index contributed by atoms with van der Waals surface area (Å²) in [7, 11) is 1.20. The number of carbonyl (C=O) groups is 4. The van der Waals surface area contributed by atoms with Crippen molar-refractivity contribution in [3.63, 3.8) is 0 Å². The van der Waals surface area contributed by atoms with Crippen LogP contribution in [-0.2, 0) is 28.7 Å². The minimum absolute atomic E-state index is 0.0377. The summed E-state index contributed by atoms with van der Waals surface area (Å²) in [6.45, 7) is 0.875. The van der Waals surface area contributed by atoms with Gasteiger partial charge in [-0.15, -0.1) is 0 Å². The van der Waals surface area contributed by atoms with E-state index in [0.717, 1.165) is 12.2 Å². The average Bonchev–Trinajstić information content (AvgIpc) is 3.17. The van der Waals surface area contributed by atoms with Gasteiger partial charge in [0.1, 0.15) is 19.7 Å². The molecule has 2 fully saturated rings. The number of ketones is 1. The zero-order valence-electron chi connectivity index (χ0n) is 11.2. The molecule has 108 valence electrons. The zero-order valence-corrected chi connectivity index (χ0v) is 11.2. The van der Waals surface area contributed by atoms with E-state index in [9.17, 15) is 19.2 Å². The molecular formula is C13H16NO6+. The Hall–Kier alpha value is -2.02. The van der Waals surface area contributed by atoms with Crippen molar-refractivity contribution < 1.29 is 33.1 Å². The minimum atomic E-state index is -0.678. The van der Waals surface area contributed by atoms with Gasteiger partial charge in [-0.3, -0.25) is 4.79 Å². The van der Waals surface area contributed by atoms with Gasteiger partial charge in [0.25, 0.3) is 0 Å². The number of piperidine rings is 1. The summed E-state index contributed by atoms with van der Waals surface area (Å²) in [6, 6.07) is -0.236. The maximum absolute atomic E-state index is 11.8. The molecule has 1 amide bonds. The SMILES string of the molecule is COC(=O)/C=C/C(=O)OCC[N+]12CC1C(=O)CCC2=O. The van der Waals surface area contributed by atoms with Gasteiger partial charge >= 0.3 is 17.8 Å². The molecule has 7 nitrogen and oxygen atoms in total. The molecule has 0 aromatic heterocycles. The van der Waals surface area contributed by atoms with Crippen molar-refractivity contribution in [1.29, 1.82) is 0 Å². The van der Waals surface area contributed by atoms with Crippen molar-refractivity contribution in [2.75, 3.05) is 26.8 Å². The number of rotatable bonds is 5. The number of hydrogen-bond acceptors (Lipinski definition) is 6. The number of amides is 1. The lowest BCUT2D eigenvalue weighted by atomic mass is 10.1. The van der Waals surface area contributed by atoms with Gasteiger partial charge in [0, 0.05) is 18.6 Å². The summed E-state index contributed by atoms with van der Waals surface area (Å²) in [4.78, 5) is 45.5. The van der Waals surface area contributed by atoms with Crippen LogP contribution >= 0.6 is 0 Å². The number of quaternary nitrogens is 1. The first kappa shape index (κ1) is 14.4. The highest BCUT2D eigenvalue weighted by Crippen LogP contribution is 2.37. The predicted octanol–water partition coefficient (Wildman–Crippen LogP) is -0.653. The second-order valence-corrected chi connectivity index (χ2v) is 4.84. The summed E-state index contributed by atoms with van der Waals surface area (Å²) in [5.74, 6) is -1.17. The molecule has 2 aliphatic rings. The maximum Gasteiger partial charge on any atom is 0.331 e. The molecular weight excluding hydrogens is 266 g/mol. The van der Waals surface area contributed by atoms with E-state index < -0.39 is 11.9 Å². The topological polar surface area (TPSA) is 86.7 Å². The van der Waals surface area contributed by atoms with Crippen molar-refractivity contribution in [3.05, 3.63) is 12.2 Å². The first-order valence-corrected chi connectivity index (χ1v) is 6.35. The fraction of sp³-hybridized carbons (Fsp3) is 0.538. The number of methoxy groups -OCH3 is 1. The van der Waals surface area contributed by atoms with Crippen molar-refractivity contribution in [1.82, 2.24) is 0 Å². The molecule has 0 spiro atoms. The molecule has 0 aliphatic carbocycles. The molecule has 0 saturated carbocycles. The number of ether oxygens (including phenoxy) is 2. The number of nitrogens with zero attached hydrogens (tertiary/aromatic N) is 1. The Morgan fingerprint density at radius 3 is 2.65 bits per heavy atom. The third kappa shape index (κ3) is 2.77. The van der Waals surface area contributed by atoms with Gasteiger partial charge in [-0.1, -0.05) is 0 Å². The number of hydrogen-bond donors (Lipinski definition) is 0. The van der Waals surface area contributed by atoms with E-state index in [4.69, 9.17) is 4.74 Å². The zero-order chi connectivity index (χ0) is 14.8. The number of carbonyl (C=O) groups excluding carboxylic acids is 4. The minimum Gasteiger partial charge on any atom is -0.466 e. The Labute approximate surface area is 115 Å². The molecule has 2 atom stereocenters. The van der Waals surface area contributed by atoms with Crippen LogP contribution in [0.2, 0.25) is 0 Å². The molecule has 0 radical (unpaired) electrons. The molecule has 2 aliphatic heterocycles. The lowest BCUT2D eigenvalue weighted by Crippen LogP contribution is -2.44. The van der Waals surface area contributed by atoms with E-state index in [0.29, 0.717) is 19.5 Å². The fourth-order valence-electron chi connectivity index (χ4n) is 2.47. The van der Waals surface area contributed by atoms with Crippen molar-refractivity contribution >= 4 is 23.6 Å². The van der Waals surface area contributed by atoms with Gasteiger partial charge in [-0.05, 0) is 0 Å². The van der Waals surface area contributed by atoms with Crippen LogP contribution in [0, 0.1) is 0 Å². The molecule has 2 rings (SSSR count). The number of Topliss-reactive ketones (excluding diaryl/α,β-unsaturated/α-hetero) is 1. The van der Waals surface area contributed by atoms with Crippen LogP contribution < -0.4 is 0 Å². The van der Waals surface area contributed by atoms with Crippen molar-refractivity contribution in [3.8, 4) is 0 Å². The maximum atomic E-state index is 11.8. The lowest BCUT2D eigenvalue weighted by Gasteiger charge is -2.20. The third-order valence-electron chi connectivity index (χ3n) is 3.71. The highest BCUT2D eigenvalue weighted by molar-refractivity contribution is 5.94. The fourth-order valence-corrected chi connectivity index (χ4v) is 2.47. The molecule has 7 heteroatoms. The van der Waals surface area contributed by atoms with Crippen molar-refractivity contribution in [2.45, 2.75) is 18.9 Å². The van der Waals surface area contributed by atoms with E-state index in [1.165, 1.54) is 7.11 Å². The molecule has 2 unspecified atom stereocenters. The number of esters is 2. The molecule has 0 aromatic rings. The molecule has 2 heterocycles. The Bertz CT molecular complexity index is 497. The van der Waals surface area contributed by atoms with Gasteiger partial charge in [0.15, 0.2) is 5.78 Å². The second-order valence-electron chi connectivity index (χ2n) is 4.84. The van der Waals surface area contributed by atoms with Crippen molar-refractivity contribution in [2.24, 2.45) is 0 Å². The van der Waals surface area contributed by atoms with Gasteiger partial charge in [-0.2, -0.15) is 0 Å². The lowest BCUT2D eigenvalue weighted by molar-refractivity contribution is -0.731. The van der Waals surface area contributed by atoms with Crippen LogP contribution in [0.3, 0.4) is 0 Å². The van der Waals surface area contributed by atoms with Gasteiger partial charge < -0.3 is 9.47 Å². The first-order chi connectivity index (χ1) is 9.49. The molecule has 0 N–H and O–H groups in total. The van der Waals surface area contributed by atoms with Crippen LogP contribution in [0.5, 0.6) is 0 Å². The van der Waals surface area contributed by atoms with Crippen LogP contribution in [0.25, 0.3) is 0 Å². The monoisotopic (exact) mass is 282 g/mol. The Balaban J connectivity index is 1.78. The van der Waals surface area contributed by atoms with Crippen LogP contribution in [-0.4, -0.2) is 61.0 Å². The van der Waals surface area contributed by atoms with E-state index in [1.54, 1.807) is 0 Å². The van der Waals surface area contributed by atoms with Crippen LogP contribution in [0.15, 0.2) is 12.2 Å². The van der Waals surface area contributed by atoms with E-state index in [-0.39, 0.29) is 35.2 Å². The van der Waals surface area contributed by atoms with E-state index in [1.807, 2.05) is 0 Å². The largest absolute Gasteiger partial charge is 0.466 e. The van der Waals surface area contributed by atoms with Gasteiger partial charge in [-0.25, -0.2) is 18.9 Å². The van der Waals surface area contributed by atoms with Gasteiger partial charge in [0.2, 0.25) is 6.04 Å². The van der Waals surface area contributed by atoms with Crippen LogP contribution in [0.4, 0.5) is 0 Å². The second kappa shape index (κ2) is 5.54. The summed E-state index contributed by atoms with van der Waals surface area (Å²) in [5.41, 5.74) is 0. The molecule has 0 aromatic carbocycles. The van der Waals surface area contributed by atoms with E-state index in [2.05, 4.69) is 4.74 Å². The average molecular weight is 282 g/mol. The molecule has 2 saturated heterocycles. The predicted molar refractivity (Wildman–Crippen MR) is 65.1 cm³/mol. The summed E-state index contributed by atoms with van der Waals surface area (Å²) in [5, 5.41) is 0. The van der Waals surface area contributed by atoms with Gasteiger partial charge in [0.05, 0.1) is 13.5 Å². The summed E-state index contributed by atoms with van der Waals surface area (Å²) in [6.07, 6.45) is 2.52. The standard InChI is InChI=1S/C13H16NO6/c1-19-12(17)4-5-13(18)20-7-6-14-8-9(14)10(15)2-3-11(14)16/h4-5,9H,2-3,6-8H2,1H3/q+1/b5-4+. The molecule has 0 bridgehead atoms. The Morgan fingerprint density at radius 2 is 1.95 bits per heavy atom. The highest BCUT2D eigenvalue weighted by atomic mass is 16.5. The van der Waals surface area contributed by atoms with E-state index >= 15 is 0 Å².